The normalized spacial score (nSPS) is 18.3. The second-order valence-corrected chi connectivity index (χ2v) is 4.94. The second-order valence-electron chi connectivity index (χ2n) is 1.99. The van der Waals surface area contributed by atoms with Crippen molar-refractivity contribution in [2.45, 2.75) is 25.5 Å². The van der Waals surface area contributed by atoms with Gasteiger partial charge in [0.15, 0.2) is 0 Å². The van der Waals surface area contributed by atoms with Gasteiger partial charge in [-0.25, -0.2) is 0 Å². The summed E-state index contributed by atoms with van der Waals surface area (Å²) in [6.07, 6.45) is 0. The Hall–Kier alpha value is 1.56. The molecule has 0 aromatic rings. The molecule has 76 valence electrons. The number of hydrogen-bond donors (Lipinski definition) is 2. The Morgan fingerprint density at radius 1 is 1.00 bits per heavy atom. The van der Waals surface area contributed by atoms with Crippen LogP contribution in [0.15, 0.2) is 0 Å². The van der Waals surface area contributed by atoms with Crippen molar-refractivity contribution >= 4 is 53.8 Å². The van der Waals surface area contributed by atoms with Crippen LogP contribution in [0.3, 0.4) is 0 Å². The van der Waals surface area contributed by atoms with Gasteiger partial charge in [-0.05, 0) is 13.8 Å². The van der Waals surface area contributed by atoms with Crippen LogP contribution in [0.1, 0.15) is 13.8 Å². The van der Waals surface area contributed by atoms with Gasteiger partial charge < -0.3 is 29.1 Å². The molecule has 0 spiro atoms. The van der Waals surface area contributed by atoms with Gasteiger partial charge >= 0.3 is 37.7 Å². The molecular formula is C4H12CaO6P2. The topological polar surface area (TPSA) is 121 Å². The predicted octanol–water partition coefficient (Wildman–Crippen LogP) is -2.06. The van der Waals surface area contributed by atoms with Gasteiger partial charge in [0.1, 0.15) is 0 Å². The maximum Gasteiger partial charge on any atom is 2.00 e. The maximum absolute atomic E-state index is 9.52. The third-order valence-electron chi connectivity index (χ3n) is 0.682. The van der Waals surface area contributed by atoms with Gasteiger partial charge in [-0.3, -0.25) is 0 Å². The minimum atomic E-state index is -2.90. The summed E-state index contributed by atoms with van der Waals surface area (Å²) in [5.74, 6) is -2.31. The molecule has 0 aromatic heterocycles. The Bertz CT molecular complexity index is 143. The third kappa shape index (κ3) is 19.8. The molecule has 4 unspecified atom stereocenters. The fourth-order valence-electron chi connectivity index (χ4n) is 0. The Morgan fingerprint density at radius 2 is 1.08 bits per heavy atom. The Labute approximate surface area is 108 Å². The van der Waals surface area contributed by atoms with Gasteiger partial charge in [-0.2, -0.15) is 0 Å². The Kier molecular flexibility index (Phi) is 17.9. The molecule has 13 heavy (non-hydrogen) atoms. The zero-order chi connectivity index (χ0) is 10.3. The van der Waals surface area contributed by atoms with Gasteiger partial charge in [0, 0.05) is 16.1 Å². The van der Waals surface area contributed by atoms with Crippen molar-refractivity contribution in [1.82, 2.24) is 0 Å². The zero-order valence-corrected chi connectivity index (χ0v) is 11.6. The average Bonchev–Trinajstić information content (AvgIpc) is 1.88. The fraction of sp³-hybridized carbons (Fsp3) is 1.00. The molecule has 0 aliphatic carbocycles. The maximum atomic E-state index is 9.52. The first-order valence-electron chi connectivity index (χ1n) is 3.06. The number of aliphatic hydroxyl groups excluding tert-OH is 2. The van der Waals surface area contributed by atoms with Crippen molar-refractivity contribution in [2.24, 2.45) is 0 Å². The van der Waals surface area contributed by atoms with E-state index in [4.69, 9.17) is 10.2 Å². The van der Waals surface area contributed by atoms with Crippen LogP contribution in [0.5, 0.6) is 0 Å². The fourth-order valence-corrected chi connectivity index (χ4v) is 0. The van der Waals surface area contributed by atoms with Gasteiger partial charge in [-0.1, -0.05) is 0 Å². The van der Waals surface area contributed by atoms with Crippen LogP contribution < -0.4 is 9.79 Å². The molecular weight excluding hydrogens is 246 g/mol. The smallest absolute Gasteiger partial charge is 0.800 e. The van der Waals surface area contributed by atoms with Gasteiger partial charge in [0.25, 0.3) is 0 Å². The molecule has 0 saturated heterocycles. The van der Waals surface area contributed by atoms with Crippen molar-refractivity contribution < 1.29 is 29.1 Å². The van der Waals surface area contributed by atoms with Crippen LogP contribution in [0.2, 0.25) is 0 Å². The van der Waals surface area contributed by atoms with E-state index in [-0.39, 0.29) is 37.7 Å². The van der Waals surface area contributed by atoms with E-state index in [0.717, 1.165) is 0 Å². The van der Waals surface area contributed by atoms with E-state index < -0.39 is 27.7 Å². The third-order valence-corrected chi connectivity index (χ3v) is 2.05. The zero-order valence-electron chi connectivity index (χ0n) is 7.39. The molecule has 0 aliphatic heterocycles. The minimum Gasteiger partial charge on any atom is -0.800 e. The van der Waals surface area contributed by atoms with Gasteiger partial charge in [0.2, 0.25) is 0 Å². The molecule has 0 saturated carbocycles. The molecule has 0 radical (unpaired) electrons. The van der Waals surface area contributed by atoms with Crippen molar-refractivity contribution in [3.63, 3.8) is 0 Å². The first-order chi connectivity index (χ1) is 5.29. The van der Waals surface area contributed by atoms with Crippen LogP contribution >= 0.6 is 16.1 Å². The number of rotatable bonds is 2. The SMILES string of the molecule is CC(O)[PH](=O)[O-].CC(O)[PH](=O)[O-].[Ca+2]. The van der Waals surface area contributed by atoms with E-state index in [1.807, 2.05) is 0 Å². The molecule has 0 amide bonds. The van der Waals surface area contributed by atoms with E-state index in [1.54, 1.807) is 0 Å². The molecule has 0 heterocycles. The summed E-state index contributed by atoms with van der Waals surface area (Å²) in [5.41, 5.74) is 0. The first kappa shape index (κ1) is 20.0. The summed E-state index contributed by atoms with van der Waals surface area (Å²) in [5, 5.41) is 16.1. The Balaban J connectivity index is -0.000000143. The summed E-state index contributed by atoms with van der Waals surface area (Å²) in [4.78, 5) is 19.0. The summed E-state index contributed by atoms with van der Waals surface area (Å²) in [7, 11) is -5.79. The second kappa shape index (κ2) is 11.6. The summed E-state index contributed by atoms with van der Waals surface area (Å²) in [6, 6.07) is 0. The molecule has 0 rings (SSSR count). The Morgan fingerprint density at radius 3 is 1.08 bits per heavy atom. The average molecular weight is 258 g/mol. The predicted molar refractivity (Wildman–Crippen MR) is 47.1 cm³/mol. The van der Waals surface area contributed by atoms with Crippen LogP contribution in [0.4, 0.5) is 0 Å². The molecule has 6 nitrogen and oxygen atoms in total. The largest absolute Gasteiger partial charge is 2.00 e. The molecule has 0 aromatic carbocycles. The van der Waals surface area contributed by atoms with Crippen molar-refractivity contribution in [3.05, 3.63) is 0 Å². The van der Waals surface area contributed by atoms with Crippen LogP contribution in [-0.4, -0.2) is 59.6 Å². The quantitative estimate of drug-likeness (QED) is 0.434. The van der Waals surface area contributed by atoms with E-state index in [9.17, 15) is 18.9 Å². The van der Waals surface area contributed by atoms with Crippen molar-refractivity contribution in [2.75, 3.05) is 0 Å². The summed E-state index contributed by atoms with van der Waals surface area (Å²) in [6.45, 7) is 2.43. The number of hydrogen-bond acceptors (Lipinski definition) is 6. The van der Waals surface area contributed by atoms with Gasteiger partial charge in [-0.15, -0.1) is 0 Å². The van der Waals surface area contributed by atoms with E-state index in [0.29, 0.717) is 0 Å². The molecule has 0 aliphatic rings. The number of aliphatic hydroxyl groups is 2. The molecule has 4 atom stereocenters. The first-order valence-corrected chi connectivity index (χ1v) is 5.85. The molecule has 0 bridgehead atoms. The van der Waals surface area contributed by atoms with Crippen LogP contribution in [0, 0.1) is 0 Å². The van der Waals surface area contributed by atoms with Crippen LogP contribution in [0.25, 0.3) is 0 Å². The van der Waals surface area contributed by atoms with E-state index in [2.05, 4.69) is 0 Å². The summed E-state index contributed by atoms with van der Waals surface area (Å²) >= 11 is 0. The van der Waals surface area contributed by atoms with Crippen LogP contribution in [-0.2, 0) is 9.13 Å². The minimum absolute atomic E-state index is 0. The monoisotopic (exact) mass is 258 g/mol. The van der Waals surface area contributed by atoms with E-state index in [1.165, 1.54) is 13.8 Å². The van der Waals surface area contributed by atoms with Crippen molar-refractivity contribution in [3.8, 4) is 0 Å². The summed E-state index contributed by atoms with van der Waals surface area (Å²) < 4.78 is 19.0. The van der Waals surface area contributed by atoms with E-state index >= 15 is 0 Å². The van der Waals surface area contributed by atoms with Crippen molar-refractivity contribution in [1.29, 1.82) is 0 Å². The molecule has 2 N–H and O–H groups in total. The van der Waals surface area contributed by atoms with Gasteiger partial charge in [0.05, 0.1) is 11.7 Å². The molecule has 0 fully saturated rings. The standard InChI is InChI=1S/2C2H7O3P.Ca/c2*1-2(3)6(4)5;/h2*2-3,6H,1H3,(H,4,5);/q;;+2/p-2. The molecule has 9 heteroatoms.